The molecule has 1 saturated heterocycles. The van der Waals surface area contributed by atoms with Gasteiger partial charge in [0.05, 0.1) is 22.2 Å². The number of carboxylic acid groups (broad SMARTS) is 1. The van der Waals surface area contributed by atoms with Crippen LogP contribution in [0.4, 0.5) is 4.79 Å². The van der Waals surface area contributed by atoms with E-state index in [1.807, 2.05) is 26.0 Å². The van der Waals surface area contributed by atoms with Crippen LogP contribution in [0.5, 0.6) is 5.88 Å². The van der Waals surface area contributed by atoms with Gasteiger partial charge in [0.15, 0.2) is 0 Å². The number of sulfonamides is 1. The molecule has 3 aromatic rings. The van der Waals surface area contributed by atoms with Gasteiger partial charge < -0.3 is 25.4 Å². The topological polar surface area (TPSA) is 201 Å². The molecule has 1 aromatic carbocycles. The Morgan fingerprint density at radius 2 is 1.98 bits per heavy atom. The molecule has 4 heterocycles. The van der Waals surface area contributed by atoms with Crippen molar-refractivity contribution >= 4 is 62.1 Å². The molecule has 0 unspecified atom stereocenters. The highest BCUT2D eigenvalue weighted by Crippen LogP contribution is 2.47. The van der Waals surface area contributed by atoms with E-state index in [2.05, 4.69) is 25.3 Å². The molecule has 0 radical (unpaired) electrons. The van der Waals surface area contributed by atoms with Crippen molar-refractivity contribution in [3.8, 4) is 5.88 Å². The summed E-state index contributed by atoms with van der Waals surface area (Å²) in [5.41, 5.74) is -0.842. The van der Waals surface area contributed by atoms with Gasteiger partial charge in [-0.2, -0.15) is 4.98 Å². The number of hydrogen-bond donors (Lipinski definition) is 4. The number of carbonyl (C=O) groups is 4. The van der Waals surface area contributed by atoms with Crippen LogP contribution < -0.4 is 20.1 Å². The largest absolute Gasteiger partial charge is 0.472 e. The Balaban J connectivity index is 1.25. The van der Waals surface area contributed by atoms with Gasteiger partial charge in [0.1, 0.15) is 23.7 Å². The second-order valence-electron chi connectivity index (χ2n) is 15.3. The standard InChI is InChI=1S/C36H44ClN7O8S/c1-4-21-15-20(2)7-5-6-8-22-18-36(22,32(47)42-53(50,51)35(3)11-12-35)41-29(45)27-17-24(19-44(27)31(46)28(21)39-34(48)49)52-30-25-16-23(37)9-10-26(25)43-14-13-38-33(43)40-30/h6,8-10,13-14,16,20-22,24,27-28,39H,4-5,7,11-12,15,17-19H2,1-3H3,(H,41,45)(H,42,47)(H,48,49)/b8-6-/t20-,21+,22+,24+,27-,28-,36+/m0/s1. The van der Waals surface area contributed by atoms with Crippen molar-refractivity contribution in [2.75, 3.05) is 6.54 Å². The number of carbonyl (C=O) groups excluding carboxylic acids is 3. The van der Waals surface area contributed by atoms with E-state index >= 15 is 0 Å². The number of fused-ring (bicyclic) bond motifs is 5. The highest BCUT2D eigenvalue weighted by Gasteiger charge is 2.63. The lowest BCUT2D eigenvalue weighted by Gasteiger charge is -2.33. The summed E-state index contributed by atoms with van der Waals surface area (Å²) in [6.45, 7) is 5.42. The number of amides is 4. The second-order valence-corrected chi connectivity index (χ2v) is 17.9. The second kappa shape index (κ2) is 13.8. The highest BCUT2D eigenvalue weighted by molar-refractivity contribution is 7.91. The summed E-state index contributed by atoms with van der Waals surface area (Å²) in [6, 6.07) is 2.88. The molecular weight excluding hydrogens is 726 g/mol. The number of imidazole rings is 1. The van der Waals surface area contributed by atoms with Gasteiger partial charge in [0.25, 0.3) is 5.91 Å². The van der Waals surface area contributed by atoms with Crippen LogP contribution in [0, 0.1) is 17.8 Å². The number of benzene rings is 1. The molecule has 2 aliphatic carbocycles. The quantitative estimate of drug-likeness (QED) is 0.256. The van der Waals surface area contributed by atoms with Crippen molar-refractivity contribution in [3.63, 3.8) is 0 Å². The first-order valence-corrected chi connectivity index (χ1v) is 19.9. The smallest absolute Gasteiger partial charge is 0.405 e. The maximum Gasteiger partial charge on any atom is 0.405 e. The fourth-order valence-electron chi connectivity index (χ4n) is 7.80. The summed E-state index contributed by atoms with van der Waals surface area (Å²) >= 11 is 6.37. The Morgan fingerprint density at radius 1 is 1.21 bits per heavy atom. The minimum atomic E-state index is -4.01. The molecule has 15 nitrogen and oxygen atoms in total. The fraction of sp³-hybridized carbons (Fsp3) is 0.556. The molecular formula is C36H44ClN7O8S. The van der Waals surface area contributed by atoms with Gasteiger partial charge in [-0.05, 0) is 75.5 Å². The average molecular weight is 770 g/mol. The van der Waals surface area contributed by atoms with E-state index in [-0.39, 0.29) is 37.1 Å². The maximum atomic E-state index is 14.6. The Labute approximate surface area is 311 Å². The normalized spacial score (nSPS) is 30.7. The van der Waals surface area contributed by atoms with Crippen LogP contribution >= 0.6 is 11.6 Å². The molecule has 2 aliphatic heterocycles. The average Bonchev–Trinajstić information content (AvgIpc) is 3.89. The third-order valence-electron chi connectivity index (χ3n) is 11.4. The van der Waals surface area contributed by atoms with Gasteiger partial charge in [0, 0.05) is 29.8 Å². The first kappa shape index (κ1) is 36.9. The zero-order chi connectivity index (χ0) is 37.9. The lowest BCUT2D eigenvalue weighted by Crippen LogP contribution is -2.59. The van der Waals surface area contributed by atoms with E-state index in [9.17, 15) is 32.7 Å². The molecule has 2 aromatic heterocycles. The summed E-state index contributed by atoms with van der Waals surface area (Å²) in [5, 5.41) is 16.2. The molecule has 17 heteroatoms. The van der Waals surface area contributed by atoms with E-state index in [0.717, 1.165) is 11.9 Å². The van der Waals surface area contributed by atoms with Crippen LogP contribution in [0.2, 0.25) is 5.02 Å². The van der Waals surface area contributed by atoms with Crippen LogP contribution in [0.25, 0.3) is 16.7 Å². The molecule has 0 spiro atoms. The number of halogens is 1. The Hall–Kier alpha value is -4.44. The van der Waals surface area contributed by atoms with Crippen molar-refractivity contribution in [1.82, 2.24) is 34.6 Å². The first-order chi connectivity index (χ1) is 25.1. The van der Waals surface area contributed by atoms with Gasteiger partial charge in [-0.1, -0.05) is 44.0 Å². The SMILES string of the molecule is CC[C@@H]1C[C@@H](C)CC/C=C\[C@@H]2C[C@@]2(C(=O)NS(=O)(=O)C2(C)CC2)NC(=O)[C@@H]2C[C@@H](Oc3nc4nccn4c4ccc(Cl)cc34)CN2C(=O)[C@H]1NC(=O)O. The molecule has 2 saturated carbocycles. The lowest BCUT2D eigenvalue weighted by molar-refractivity contribution is -0.142. The van der Waals surface area contributed by atoms with E-state index in [4.69, 9.17) is 16.3 Å². The van der Waals surface area contributed by atoms with Gasteiger partial charge in [-0.3, -0.25) is 23.5 Å². The summed E-state index contributed by atoms with van der Waals surface area (Å²) in [4.78, 5) is 65.2. The maximum absolute atomic E-state index is 14.6. The molecule has 7 atom stereocenters. The monoisotopic (exact) mass is 769 g/mol. The zero-order valence-corrected chi connectivity index (χ0v) is 31.3. The zero-order valence-electron chi connectivity index (χ0n) is 29.7. The number of rotatable bonds is 7. The number of ether oxygens (including phenoxy) is 1. The van der Waals surface area contributed by atoms with Gasteiger partial charge in [-0.15, -0.1) is 0 Å². The predicted octanol–water partition coefficient (Wildman–Crippen LogP) is 3.80. The summed E-state index contributed by atoms with van der Waals surface area (Å²) in [7, 11) is -4.01. The molecule has 4 aliphatic rings. The first-order valence-electron chi connectivity index (χ1n) is 18.1. The molecule has 53 heavy (non-hydrogen) atoms. The van der Waals surface area contributed by atoms with Gasteiger partial charge >= 0.3 is 6.09 Å². The van der Waals surface area contributed by atoms with E-state index in [0.29, 0.717) is 48.3 Å². The van der Waals surface area contributed by atoms with E-state index in [1.54, 1.807) is 41.9 Å². The van der Waals surface area contributed by atoms with Crippen LogP contribution in [-0.2, 0) is 24.4 Å². The molecule has 3 fully saturated rings. The molecule has 7 rings (SSSR count). The van der Waals surface area contributed by atoms with Gasteiger partial charge in [-0.25, -0.2) is 18.2 Å². The third kappa shape index (κ3) is 7.02. The summed E-state index contributed by atoms with van der Waals surface area (Å²) < 4.78 is 35.7. The predicted molar refractivity (Wildman–Crippen MR) is 195 cm³/mol. The molecule has 284 valence electrons. The lowest BCUT2D eigenvalue weighted by atomic mass is 9.85. The van der Waals surface area contributed by atoms with Crippen LogP contribution in [0.15, 0.2) is 42.7 Å². The number of nitrogens with one attached hydrogen (secondary N) is 3. The van der Waals surface area contributed by atoms with Crippen molar-refractivity contribution in [2.45, 2.75) is 101 Å². The number of aromatic nitrogens is 3. The van der Waals surface area contributed by atoms with Crippen molar-refractivity contribution < 1.29 is 37.4 Å². The molecule has 4 N–H and O–H groups in total. The number of nitrogens with zero attached hydrogens (tertiary/aromatic N) is 4. The fourth-order valence-corrected chi connectivity index (χ4v) is 9.29. The van der Waals surface area contributed by atoms with Crippen LogP contribution in [-0.4, -0.2) is 91.6 Å². The van der Waals surface area contributed by atoms with Crippen LogP contribution in [0.1, 0.15) is 72.1 Å². The summed E-state index contributed by atoms with van der Waals surface area (Å²) in [5.74, 6) is -2.29. The van der Waals surface area contributed by atoms with E-state index < -0.39 is 68.2 Å². The van der Waals surface area contributed by atoms with Crippen molar-refractivity contribution in [3.05, 3.63) is 47.8 Å². The number of allylic oxidation sites excluding steroid dienone is 1. The van der Waals surface area contributed by atoms with E-state index in [1.165, 1.54) is 4.90 Å². The number of hydrogen-bond acceptors (Lipinski definition) is 9. The third-order valence-corrected chi connectivity index (χ3v) is 13.8. The Morgan fingerprint density at radius 3 is 2.70 bits per heavy atom. The van der Waals surface area contributed by atoms with Crippen molar-refractivity contribution in [2.24, 2.45) is 17.8 Å². The minimum absolute atomic E-state index is 0.0253. The highest BCUT2D eigenvalue weighted by atomic mass is 35.5. The van der Waals surface area contributed by atoms with Gasteiger partial charge in [0.2, 0.25) is 33.5 Å². The Bertz CT molecular complexity index is 2120. The molecule has 4 amide bonds. The summed E-state index contributed by atoms with van der Waals surface area (Å²) in [6.07, 6.45) is 8.40. The Kier molecular flexibility index (Phi) is 9.58. The van der Waals surface area contributed by atoms with Crippen LogP contribution in [0.3, 0.4) is 0 Å². The molecule has 0 bridgehead atoms. The minimum Gasteiger partial charge on any atom is -0.472 e. The van der Waals surface area contributed by atoms with Crippen molar-refractivity contribution in [1.29, 1.82) is 0 Å².